The van der Waals surface area contributed by atoms with Crippen LogP contribution < -0.4 is 5.43 Å². The number of carbonyl (C=O) groups is 1. The van der Waals surface area contributed by atoms with Crippen LogP contribution in [0.15, 0.2) is 53.0 Å². The number of aromatic nitrogens is 3. The van der Waals surface area contributed by atoms with Crippen LogP contribution in [-0.4, -0.2) is 32.4 Å². The third-order valence-electron chi connectivity index (χ3n) is 4.40. The lowest BCUT2D eigenvalue weighted by atomic mass is 10.1. The maximum absolute atomic E-state index is 12.0. The summed E-state index contributed by atoms with van der Waals surface area (Å²) in [6.45, 7) is 8.36. The number of hydrazone groups is 1. The fourth-order valence-electron chi connectivity index (χ4n) is 3.12. The molecule has 0 bridgehead atoms. The van der Waals surface area contributed by atoms with E-state index in [9.17, 15) is 4.79 Å². The van der Waals surface area contributed by atoms with Crippen molar-refractivity contribution in [2.45, 2.75) is 32.9 Å². The molecule has 7 heteroatoms. The van der Waals surface area contributed by atoms with Crippen molar-refractivity contribution in [3.63, 3.8) is 0 Å². The summed E-state index contributed by atoms with van der Waals surface area (Å²) in [4.78, 5) is 20.1. The number of nitrogens with one attached hydrogen (secondary N) is 1. The molecule has 0 unspecified atom stereocenters. The Morgan fingerprint density at radius 1 is 1.14 bits per heavy atom. The largest absolute Gasteiger partial charge is 0.317 e. The average molecular weight is 394 g/mol. The molecule has 28 heavy (non-hydrogen) atoms. The van der Waals surface area contributed by atoms with Crippen molar-refractivity contribution in [2.75, 3.05) is 5.75 Å². The highest BCUT2D eigenvalue weighted by Crippen LogP contribution is 2.25. The molecule has 0 aliphatic rings. The standard InChI is InChI=1S/C21H23N5OS/c1-14-7-5-8-15(2)20(14)26-16(3)11-18(17(26)4)12-24-25-19(27)13-28-21-22-9-6-10-23-21/h5-12H,13H2,1-4H3,(H,25,27)/b24-12-. The van der Waals surface area contributed by atoms with Crippen LogP contribution in [0.4, 0.5) is 0 Å². The molecule has 3 aromatic rings. The second-order valence-electron chi connectivity index (χ2n) is 6.52. The van der Waals surface area contributed by atoms with Crippen LogP contribution in [0.2, 0.25) is 0 Å². The highest BCUT2D eigenvalue weighted by atomic mass is 32.2. The third-order valence-corrected chi connectivity index (χ3v) is 5.28. The van der Waals surface area contributed by atoms with Gasteiger partial charge in [0.25, 0.3) is 5.91 Å². The normalized spacial score (nSPS) is 11.1. The molecule has 0 fully saturated rings. The van der Waals surface area contributed by atoms with E-state index in [1.54, 1.807) is 24.7 Å². The second kappa shape index (κ2) is 8.84. The number of para-hydroxylation sites is 1. The summed E-state index contributed by atoms with van der Waals surface area (Å²) in [7, 11) is 0. The summed E-state index contributed by atoms with van der Waals surface area (Å²) in [5, 5.41) is 4.68. The Hall–Kier alpha value is -2.93. The van der Waals surface area contributed by atoms with E-state index in [2.05, 4.69) is 77.0 Å². The number of carbonyl (C=O) groups excluding carboxylic acids is 1. The van der Waals surface area contributed by atoms with Crippen LogP contribution in [-0.2, 0) is 4.79 Å². The molecular formula is C21H23N5OS. The van der Waals surface area contributed by atoms with Crippen LogP contribution in [0, 0.1) is 27.7 Å². The van der Waals surface area contributed by atoms with Crippen LogP contribution in [0.3, 0.4) is 0 Å². The number of hydrogen-bond acceptors (Lipinski definition) is 5. The van der Waals surface area contributed by atoms with Crippen molar-refractivity contribution in [3.8, 4) is 5.69 Å². The topological polar surface area (TPSA) is 72.2 Å². The van der Waals surface area contributed by atoms with Gasteiger partial charge >= 0.3 is 0 Å². The number of nitrogens with zero attached hydrogens (tertiary/aromatic N) is 4. The van der Waals surface area contributed by atoms with Gasteiger partial charge in [-0.3, -0.25) is 4.79 Å². The van der Waals surface area contributed by atoms with Crippen molar-refractivity contribution >= 4 is 23.9 Å². The number of aryl methyl sites for hydroxylation is 3. The van der Waals surface area contributed by atoms with E-state index in [1.165, 1.54) is 28.6 Å². The highest BCUT2D eigenvalue weighted by molar-refractivity contribution is 7.99. The number of benzene rings is 1. The first kappa shape index (κ1) is 19.8. The first-order chi connectivity index (χ1) is 13.5. The van der Waals surface area contributed by atoms with Crippen LogP contribution >= 0.6 is 11.8 Å². The highest BCUT2D eigenvalue weighted by Gasteiger charge is 2.13. The minimum absolute atomic E-state index is 0.197. The van der Waals surface area contributed by atoms with Gasteiger partial charge < -0.3 is 4.57 Å². The predicted molar refractivity (Wildman–Crippen MR) is 113 cm³/mol. The molecule has 0 radical (unpaired) electrons. The van der Waals surface area contributed by atoms with Gasteiger partial charge in [0.15, 0.2) is 5.16 Å². The number of rotatable bonds is 6. The Kier molecular flexibility index (Phi) is 6.26. The van der Waals surface area contributed by atoms with E-state index in [0.29, 0.717) is 5.16 Å². The average Bonchev–Trinajstić information content (AvgIpc) is 2.95. The summed E-state index contributed by atoms with van der Waals surface area (Å²) in [5.41, 5.74) is 9.38. The molecule has 1 N–H and O–H groups in total. The number of hydrogen-bond donors (Lipinski definition) is 1. The van der Waals surface area contributed by atoms with Crippen molar-refractivity contribution in [2.24, 2.45) is 5.10 Å². The quantitative estimate of drug-likeness (QED) is 0.300. The molecule has 3 rings (SSSR count). The first-order valence-corrected chi connectivity index (χ1v) is 9.93. The van der Waals surface area contributed by atoms with Gasteiger partial charge in [0.05, 0.1) is 17.7 Å². The van der Waals surface area contributed by atoms with Crippen molar-refractivity contribution in [3.05, 3.63) is 70.8 Å². The molecule has 1 amide bonds. The zero-order chi connectivity index (χ0) is 20.1. The van der Waals surface area contributed by atoms with Crippen molar-refractivity contribution in [1.82, 2.24) is 20.0 Å². The van der Waals surface area contributed by atoms with E-state index in [4.69, 9.17) is 0 Å². The minimum atomic E-state index is -0.197. The monoisotopic (exact) mass is 393 g/mol. The molecule has 0 spiro atoms. The molecular weight excluding hydrogens is 370 g/mol. The first-order valence-electron chi connectivity index (χ1n) is 8.94. The van der Waals surface area contributed by atoms with Gasteiger partial charge in [0.1, 0.15) is 0 Å². The lowest BCUT2D eigenvalue weighted by molar-refractivity contribution is -0.118. The Bertz CT molecular complexity index is 991. The Balaban J connectivity index is 1.69. The molecule has 0 aliphatic heterocycles. The van der Waals surface area contributed by atoms with Crippen LogP contribution in [0.25, 0.3) is 5.69 Å². The summed E-state index contributed by atoms with van der Waals surface area (Å²) < 4.78 is 2.23. The van der Waals surface area contributed by atoms with Gasteiger partial charge in [0.2, 0.25) is 0 Å². The zero-order valence-electron chi connectivity index (χ0n) is 16.4. The summed E-state index contributed by atoms with van der Waals surface area (Å²) in [5.74, 6) is 0.0141. The molecule has 0 aliphatic carbocycles. The molecule has 0 saturated carbocycles. The maximum atomic E-state index is 12.0. The predicted octanol–water partition coefficient (Wildman–Crippen LogP) is 3.74. The van der Waals surface area contributed by atoms with E-state index in [-0.39, 0.29) is 11.7 Å². The lowest BCUT2D eigenvalue weighted by Gasteiger charge is -2.15. The molecule has 0 atom stereocenters. The SMILES string of the molecule is Cc1cccc(C)c1-n1c(C)cc(/C=N\NC(=O)CSc2ncccn2)c1C. The molecule has 0 saturated heterocycles. The van der Waals surface area contributed by atoms with Gasteiger partial charge in [-0.2, -0.15) is 5.10 Å². The Labute approximate surface area is 169 Å². The smallest absolute Gasteiger partial charge is 0.250 e. The summed E-state index contributed by atoms with van der Waals surface area (Å²) >= 11 is 1.27. The zero-order valence-corrected chi connectivity index (χ0v) is 17.2. The molecule has 2 heterocycles. The van der Waals surface area contributed by atoms with Crippen LogP contribution in [0.5, 0.6) is 0 Å². The summed E-state index contributed by atoms with van der Waals surface area (Å²) in [6.07, 6.45) is 4.99. The maximum Gasteiger partial charge on any atom is 0.250 e. The number of amides is 1. The fourth-order valence-corrected chi connectivity index (χ4v) is 3.71. The van der Waals surface area contributed by atoms with Gasteiger partial charge in [-0.1, -0.05) is 30.0 Å². The number of thioether (sulfide) groups is 1. The third kappa shape index (κ3) is 4.48. The Morgan fingerprint density at radius 3 is 2.50 bits per heavy atom. The van der Waals surface area contributed by atoms with Gasteiger partial charge in [-0.25, -0.2) is 15.4 Å². The van der Waals surface area contributed by atoms with Crippen molar-refractivity contribution < 1.29 is 4.79 Å². The fraction of sp³-hybridized carbons (Fsp3) is 0.238. The van der Waals surface area contributed by atoms with Crippen LogP contribution in [0.1, 0.15) is 28.1 Å². The molecule has 2 aromatic heterocycles. The lowest BCUT2D eigenvalue weighted by Crippen LogP contribution is -2.19. The van der Waals surface area contributed by atoms with E-state index in [0.717, 1.165) is 17.0 Å². The van der Waals surface area contributed by atoms with Gasteiger partial charge in [-0.05, 0) is 51.0 Å². The van der Waals surface area contributed by atoms with Gasteiger partial charge in [0, 0.05) is 29.3 Å². The second-order valence-corrected chi connectivity index (χ2v) is 7.46. The summed E-state index contributed by atoms with van der Waals surface area (Å²) in [6, 6.07) is 10.1. The van der Waals surface area contributed by atoms with E-state index < -0.39 is 0 Å². The van der Waals surface area contributed by atoms with Gasteiger partial charge in [-0.15, -0.1) is 0 Å². The van der Waals surface area contributed by atoms with Crippen molar-refractivity contribution in [1.29, 1.82) is 0 Å². The Morgan fingerprint density at radius 2 is 1.82 bits per heavy atom. The molecule has 1 aromatic carbocycles. The minimum Gasteiger partial charge on any atom is -0.317 e. The molecule has 144 valence electrons. The van der Waals surface area contributed by atoms with E-state index >= 15 is 0 Å². The molecule has 6 nitrogen and oxygen atoms in total. The van der Waals surface area contributed by atoms with E-state index in [1.807, 2.05) is 0 Å².